The fraction of sp³-hybridized carbons (Fsp3) is 0.227. The van der Waals surface area contributed by atoms with Crippen LogP contribution in [0.3, 0.4) is 0 Å². The second-order valence-electron chi connectivity index (χ2n) is 7.71. The summed E-state index contributed by atoms with van der Waals surface area (Å²) in [5, 5.41) is 4.03. The third kappa shape index (κ3) is 5.90. The highest BCUT2D eigenvalue weighted by Crippen LogP contribution is 2.29. The van der Waals surface area contributed by atoms with Gasteiger partial charge in [0.1, 0.15) is 16.4 Å². The number of pyridine rings is 2. The Morgan fingerprint density at radius 2 is 1.61 bits per heavy atom. The van der Waals surface area contributed by atoms with Gasteiger partial charge in [0.15, 0.2) is 27.9 Å². The summed E-state index contributed by atoms with van der Waals surface area (Å²) in [7, 11) is -4.02. The molecule has 0 aliphatic heterocycles. The van der Waals surface area contributed by atoms with E-state index in [9.17, 15) is 39.6 Å². The van der Waals surface area contributed by atoms with Gasteiger partial charge in [-0.05, 0) is 35.9 Å². The van der Waals surface area contributed by atoms with Gasteiger partial charge in [0, 0.05) is 11.8 Å². The van der Waals surface area contributed by atoms with Gasteiger partial charge >= 0.3 is 18.2 Å². The Balaban J connectivity index is 1.77. The van der Waals surface area contributed by atoms with E-state index in [4.69, 9.17) is 0 Å². The standard InChI is InChI=1S/C22H16F6N4O5S/c1-2-38(34,35)17-9-14(13-3-5-15(6-4-13)37-22(26,27)28)10-29-19(17)32-20(33)31-11-16(7-8-18(31)30-32)36-12-21(23,24)25/h3-11H,2,12H2,1H3. The van der Waals surface area contributed by atoms with Crippen molar-refractivity contribution in [1.82, 2.24) is 19.2 Å². The van der Waals surface area contributed by atoms with E-state index in [1.165, 1.54) is 37.4 Å². The van der Waals surface area contributed by atoms with Crippen LogP contribution in [0, 0.1) is 0 Å². The maximum atomic E-state index is 13.0. The first-order valence-electron chi connectivity index (χ1n) is 10.6. The van der Waals surface area contributed by atoms with Gasteiger partial charge in [0.25, 0.3) is 0 Å². The zero-order valence-corrected chi connectivity index (χ0v) is 19.9. The summed E-state index contributed by atoms with van der Waals surface area (Å²) in [6.07, 6.45) is -7.33. The fourth-order valence-electron chi connectivity index (χ4n) is 3.33. The van der Waals surface area contributed by atoms with Crippen LogP contribution < -0.4 is 15.2 Å². The van der Waals surface area contributed by atoms with Crippen LogP contribution in [0.5, 0.6) is 11.5 Å². The predicted molar refractivity (Wildman–Crippen MR) is 120 cm³/mol. The van der Waals surface area contributed by atoms with Gasteiger partial charge in [0.2, 0.25) is 0 Å². The Hall–Kier alpha value is -4.08. The molecule has 0 spiro atoms. The Morgan fingerprint density at radius 1 is 0.947 bits per heavy atom. The van der Waals surface area contributed by atoms with Crippen LogP contribution in [0.25, 0.3) is 22.6 Å². The van der Waals surface area contributed by atoms with E-state index in [2.05, 4.69) is 19.6 Å². The van der Waals surface area contributed by atoms with Crippen molar-refractivity contribution in [2.24, 2.45) is 0 Å². The molecule has 3 heterocycles. The Morgan fingerprint density at radius 3 is 2.21 bits per heavy atom. The fourth-order valence-corrected chi connectivity index (χ4v) is 4.37. The second kappa shape index (κ2) is 9.66. The molecule has 0 N–H and O–H groups in total. The molecule has 0 fully saturated rings. The molecule has 16 heteroatoms. The van der Waals surface area contributed by atoms with Gasteiger partial charge in [-0.15, -0.1) is 18.3 Å². The number of aromatic nitrogens is 4. The third-order valence-electron chi connectivity index (χ3n) is 5.06. The van der Waals surface area contributed by atoms with Crippen molar-refractivity contribution in [3.8, 4) is 28.4 Å². The number of fused-ring (bicyclic) bond motifs is 1. The first-order valence-corrected chi connectivity index (χ1v) is 12.2. The maximum absolute atomic E-state index is 13.0. The molecule has 4 rings (SSSR count). The molecular weight excluding hydrogens is 546 g/mol. The smallest absolute Gasteiger partial charge is 0.483 e. The van der Waals surface area contributed by atoms with Crippen molar-refractivity contribution in [3.63, 3.8) is 0 Å². The van der Waals surface area contributed by atoms with E-state index in [1.807, 2.05) is 0 Å². The normalized spacial score (nSPS) is 12.6. The van der Waals surface area contributed by atoms with Crippen LogP contribution in [0.15, 0.2) is 64.5 Å². The number of hydrogen-bond donors (Lipinski definition) is 0. The lowest BCUT2D eigenvalue weighted by atomic mass is 10.1. The molecular formula is C22H16F6N4O5S. The van der Waals surface area contributed by atoms with Gasteiger partial charge in [-0.1, -0.05) is 19.1 Å². The third-order valence-corrected chi connectivity index (χ3v) is 6.79. The van der Waals surface area contributed by atoms with Gasteiger partial charge in [0.05, 0.1) is 11.9 Å². The van der Waals surface area contributed by atoms with Gasteiger partial charge < -0.3 is 9.47 Å². The number of sulfone groups is 1. The average Bonchev–Trinajstić information content (AvgIpc) is 3.17. The van der Waals surface area contributed by atoms with Crippen LogP contribution in [-0.2, 0) is 9.84 Å². The molecule has 0 radical (unpaired) electrons. The molecule has 0 aliphatic carbocycles. The number of benzene rings is 1. The van der Waals surface area contributed by atoms with E-state index >= 15 is 0 Å². The summed E-state index contributed by atoms with van der Waals surface area (Å²) in [5.41, 5.74) is -0.446. The molecule has 0 aliphatic rings. The van der Waals surface area contributed by atoms with Gasteiger partial charge in [-0.2, -0.15) is 17.9 Å². The van der Waals surface area contributed by atoms with Crippen molar-refractivity contribution in [1.29, 1.82) is 0 Å². The number of alkyl halides is 6. The van der Waals surface area contributed by atoms with Crippen molar-refractivity contribution in [2.75, 3.05) is 12.4 Å². The topological polar surface area (TPSA) is 105 Å². The monoisotopic (exact) mass is 562 g/mol. The lowest BCUT2D eigenvalue weighted by molar-refractivity contribution is -0.274. The van der Waals surface area contributed by atoms with E-state index < -0.39 is 45.3 Å². The molecule has 1 aromatic carbocycles. The Labute approximate surface area is 209 Å². The highest BCUT2D eigenvalue weighted by molar-refractivity contribution is 7.91. The SMILES string of the molecule is CCS(=O)(=O)c1cc(-c2ccc(OC(F)(F)F)cc2)cnc1-n1nc2ccc(OCC(F)(F)F)cn2c1=O. The predicted octanol–water partition coefficient (Wildman–Crippen LogP) is 4.18. The summed E-state index contributed by atoms with van der Waals surface area (Å²) in [6.45, 7) is -0.238. The van der Waals surface area contributed by atoms with Crippen molar-refractivity contribution in [3.05, 3.63) is 65.3 Å². The molecule has 0 saturated heterocycles. The molecule has 0 amide bonds. The quantitative estimate of drug-likeness (QED) is 0.311. The number of nitrogens with zero attached hydrogens (tertiary/aromatic N) is 4. The lowest BCUT2D eigenvalue weighted by Crippen LogP contribution is -2.23. The minimum Gasteiger partial charge on any atom is -0.483 e. The summed E-state index contributed by atoms with van der Waals surface area (Å²) in [5.74, 6) is -1.53. The van der Waals surface area contributed by atoms with Crippen LogP contribution in [0.2, 0.25) is 0 Å². The van der Waals surface area contributed by atoms with Crippen molar-refractivity contribution >= 4 is 15.5 Å². The molecule has 0 unspecified atom stereocenters. The molecule has 0 bridgehead atoms. The molecule has 9 nitrogen and oxygen atoms in total. The Kier molecular flexibility index (Phi) is 6.86. The summed E-state index contributed by atoms with van der Waals surface area (Å²) < 4.78 is 110. The lowest BCUT2D eigenvalue weighted by Gasteiger charge is -2.11. The molecule has 0 atom stereocenters. The molecule has 0 saturated carbocycles. The van der Waals surface area contributed by atoms with Crippen LogP contribution in [0.4, 0.5) is 26.3 Å². The maximum Gasteiger partial charge on any atom is 0.573 e. The van der Waals surface area contributed by atoms with Gasteiger partial charge in [-0.3, -0.25) is 0 Å². The van der Waals surface area contributed by atoms with E-state index in [-0.39, 0.29) is 28.5 Å². The first kappa shape index (κ1) is 27.0. The molecule has 202 valence electrons. The molecule has 3 aromatic heterocycles. The average molecular weight is 562 g/mol. The van der Waals surface area contributed by atoms with Crippen molar-refractivity contribution < 1.29 is 44.2 Å². The zero-order valence-electron chi connectivity index (χ0n) is 19.1. The van der Waals surface area contributed by atoms with E-state index in [0.29, 0.717) is 10.2 Å². The second-order valence-corrected chi connectivity index (χ2v) is 9.96. The van der Waals surface area contributed by atoms with Crippen LogP contribution >= 0.6 is 0 Å². The number of rotatable bonds is 7. The zero-order chi connectivity index (χ0) is 27.9. The van der Waals surface area contributed by atoms with E-state index in [1.54, 1.807) is 0 Å². The molecule has 38 heavy (non-hydrogen) atoms. The Bertz CT molecular complexity index is 1640. The number of ether oxygens (including phenoxy) is 2. The van der Waals surface area contributed by atoms with E-state index in [0.717, 1.165) is 28.8 Å². The minimum absolute atomic E-state index is 0.0275. The number of hydrogen-bond acceptors (Lipinski definition) is 7. The van der Waals surface area contributed by atoms with Crippen LogP contribution in [-0.4, -0.2) is 52.5 Å². The number of halogens is 6. The van der Waals surface area contributed by atoms with Crippen LogP contribution in [0.1, 0.15) is 6.92 Å². The highest BCUT2D eigenvalue weighted by Gasteiger charge is 2.31. The molecule has 4 aromatic rings. The van der Waals surface area contributed by atoms with Crippen molar-refractivity contribution in [2.45, 2.75) is 24.4 Å². The minimum atomic E-state index is -4.89. The summed E-state index contributed by atoms with van der Waals surface area (Å²) in [4.78, 5) is 16.7. The highest BCUT2D eigenvalue weighted by atomic mass is 32.2. The van der Waals surface area contributed by atoms with Gasteiger partial charge in [-0.25, -0.2) is 22.6 Å². The largest absolute Gasteiger partial charge is 0.573 e. The first-order chi connectivity index (χ1) is 17.7. The summed E-state index contributed by atoms with van der Waals surface area (Å²) >= 11 is 0. The summed E-state index contributed by atoms with van der Waals surface area (Å²) in [6, 6.07) is 8.15.